The van der Waals surface area contributed by atoms with Gasteiger partial charge in [-0.2, -0.15) is 17.9 Å². The summed E-state index contributed by atoms with van der Waals surface area (Å²) in [7, 11) is -3.98. The van der Waals surface area contributed by atoms with Gasteiger partial charge in [0, 0.05) is 6.54 Å². The van der Waals surface area contributed by atoms with Crippen molar-refractivity contribution in [1.29, 1.82) is 0 Å². The molecule has 106 valence electrons. The van der Waals surface area contributed by atoms with Gasteiger partial charge in [-0.05, 0) is 17.9 Å². The van der Waals surface area contributed by atoms with Crippen LogP contribution in [0.5, 0.6) is 0 Å². The molecule has 0 spiro atoms. The van der Waals surface area contributed by atoms with Gasteiger partial charge in [-0.1, -0.05) is 25.0 Å². The lowest BCUT2D eigenvalue weighted by Crippen LogP contribution is -2.38. The zero-order valence-corrected chi connectivity index (χ0v) is 12.8. The van der Waals surface area contributed by atoms with Crippen molar-refractivity contribution in [3.05, 3.63) is 11.6 Å². The number of nitrogens with one attached hydrogen (secondary N) is 2. The first-order chi connectivity index (χ1) is 8.41. The average Bonchev–Trinajstić information content (AvgIpc) is 2.33. The molecule has 6 nitrogen and oxygen atoms in total. The minimum absolute atomic E-state index is 0.0934. The molecular formula is C10H22N2O4PS+. The Kier molecular flexibility index (Phi) is 9.40. The lowest BCUT2D eigenvalue weighted by Gasteiger charge is -2.06. The third kappa shape index (κ3) is 9.67. The SMILES string of the molecule is CCC/C=C(\C)CNS(=O)(=O)NCC[P+](=O)OC. The summed E-state index contributed by atoms with van der Waals surface area (Å²) in [6, 6.07) is 0. The first kappa shape index (κ1) is 17.7. The van der Waals surface area contributed by atoms with Gasteiger partial charge >= 0.3 is 8.03 Å². The van der Waals surface area contributed by atoms with E-state index in [0.29, 0.717) is 0 Å². The lowest BCUT2D eigenvalue weighted by molar-refractivity contribution is 0.414. The maximum absolute atomic E-state index is 11.5. The van der Waals surface area contributed by atoms with Crippen LogP contribution in [0.2, 0.25) is 0 Å². The normalized spacial score (nSPS) is 13.7. The molecule has 0 saturated carbocycles. The summed E-state index contributed by atoms with van der Waals surface area (Å²) < 4.78 is 43.2. The Morgan fingerprint density at radius 3 is 2.61 bits per heavy atom. The molecule has 0 saturated heterocycles. The van der Waals surface area contributed by atoms with Gasteiger partial charge in [-0.15, -0.1) is 4.52 Å². The third-order valence-electron chi connectivity index (χ3n) is 2.11. The zero-order valence-electron chi connectivity index (χ0n) is 11.1. The Bertz CT molecular complexity index is 381. The summed E-state index contributed by atoms with van der Waals surface area (Å²) in [5, 5.41) is 0. The van der Waals surface area contributed by atoms with E-state index in [2.05, 4.69) is 20.9 Å². The Morgan fingerprint density at radius 1 is 1.39 bits per heavy atom. The molecule has 0 bridgehead atoms. The standard InChI is InChI=1S/C10H22N2O4PS/c1-4-5-6-10(2)9-12-18(14,15)11-7-8-17(13)16-3/h6,11-12H,4-5,7-9H2,1-3H3/q+1/b10-6+. The van der Waals surface area contributed by atoms with Crippen LogP contribution >= 0.6 is 8.03 Å². The minimum atomic E-state index is -3.53. The second-order valence-electron chi connectivity index (χ2n) is 3.80. The molecule has 0 aromatic rings. The van der Waals surface area contributed by atoms with E-state index in [1.807, 2.05) is 13.0 Å². The smallest absolute Gasteiger partial charge is 0.198 e. The maximum atomic E-state index is 11.5. The molecule has 0 rings (SSSR count). The molecule has 0 radical (unpaired) electrons. The molecule has 18 heavy (non-hydrogen) atoms. The van der Waals surface area contributed by atoms with Crippen molar-refractivity contribution in [2.24, 2.45) is 0 Å². The second-order valence-corrected chi connectivity index (χ2v) is 6.86. The highest BCUT2D eigenvalue weighted by Crippen LogP contribution is 2.17. The van der Waals surface area contributed by atoms with Gasteiger partial charge in [0.25, 0.3) is 10.2 Å². The van der Waals surface area contributed by atoms with Gasteiger partial charge in [0.15, 0.2) is 6.16 Å². The summed E-state index contributed by atoms with van der Waals surface area (Å²) in [5.74, 6) is 0. The van der Waals surface area contributed by atoms with Crippen LogP contribution in [0.4, 0.5) is 0 Å². The van der Waals surface area contributed by atoms with Crippen LogP contribution in [0.1, 0.15) is 26.7 Å². The van der Waals surface area contributed by atoms with Crippen molar-refractivity contribution < 1.29 is 17.5 Å². The highest BCUT2D eigenvalue weighted by molar-refractivity contribution is 7.87. The van der Waals surface area contributed by atoms with Crippen LogP contribution in [-0.2, 0) is 19.3 Å². The number of rotatable bonds is 10. The van der Waals surface area contributed by atoms with E-state index in [9.17, 15) is 13.0 Å². The average molecular weight is 297 g/mol. The number of unbranched alkanes of at least 4 members (excludes halogenated alkanes) is 1. The quantitative estimate of drug-likeness (QED) is 0.473. The summed E-state index contributed by atoms with van der Waals surface area (Å²) in [6.07, 6.45) is 4.14. The van der Waals surface area contributed by atoms with Crippen LogP contribution in [-0.4, -0.2) is 34.8 Å². The highest BCUT2D eigenvalue weighted by Gasteiger charge is 2.16. The molecule has 0 fully saturated rings. The topological polar surface area (TPSA) is 84.5 Å². The first-order valence-electron chi connectivity index (χ1n) is 5.80. The van der Waals surface area contributed by atoms with Crippen molar-refractivity contribution >= 4 is 18.2 Å². The molecular weight excluding hydrogens is 275 g/mol. The summed E-state index contributed by atoms with van der Waals surface area (Å²) in [6.45, 7) is 4.31. The Hall–Kier alpha value is -0.330. The van der Waals surface area contributed by atoms with E-state index in [-0.39, 0.29) is 19.3 Å². The minimum Gasteiger partial charge on any atom is -0.198 e. The number of hydrogen-bond donors (Lipinski definition) is 2. The zero-order chi connectivity index (χ0) is 14.0. The molecule has 1 atom stereocenters. The molecule has 0 aromatic carbocycles. The molecule has 0 aliphatic heterocycles. The molecule has 1 unspecified atom stereocenters. The van der Waals surface area contributed by atoms with Gasteiger partial charge in [0.2, 0.25) is 0 Å². The fourth-order valence-corrected chi connectivity index (χ4v) is 2.60. The van der Waals surface area contributed by atoms with E-state index in [4.69, 9.17) is 0 Å². The molecule has 2 N–H and O–H groups in total. The van der Waals surface area contributed by atoms with Gasteiger partial charge in [0.1, 0.15) is 0 Å². The van der Waals surface area contributed by atoms with Crippen LogP contribution in [0.15, 0.2) is 11.6 Å². The van der Waals surface area contributed by atoms with Crippen LogP contribution < -0.4 is 9.44 Å². The van der Waals surface area contributed by atoms with Crippen molar-refractivity contribution in [1.82, 2.24) is 9.44 Å². The van der Waals surface area contributed by atoms with Crippen molar-refractivity contribution in [3.8, 4) is 0 Å². The predicted molar refractivity (Wildman–Crippen MR) is 73.1 cm³/mol. The number of allylic oxidation sites excluding steroid dienone is 1. The Morgan fingerprint density at radius 2 is 2.06 bits per heavy atom. The largest absolute Gasteiger partial charge is 0.509 e. The van der Waals surface area contributed by atoms with E-state index < -0.39 is 18.2 Å². The first-order valence-corrected chi connectivity index (χ1v) is 8.64. The van der Waals surface area contributed by atoms with E-state index in [0.717, 1.165) is 18.4 Å². The van der Waals surface area contributed by atoms with E-state index in [1.165, 1.54) is 7.11 Å². The Balaban J connectivity index is 3.97. The molecule has 8 heteroatoms. The molecule has 0 aliphatic carbocycles. The van der Waals surface area contributed by atoms with Gasteiger partial charge in [-0.3, -0.25) is 0 Å². The predicted octanol–water partition coefficient (Wildman–Crippen LogP) is 1.55. The highest BCUT2D eigenvalue weighted by atomic mass is 32.2. The van der Waals surface area contributed by atoms with Crippen LogP contribution in [0.3, 0.4) is 0 Å². The molecule has 0 heterocycles. The van der Waals surface area contributed by atoms with Crippen molar-refractivity contribution in [3.63, 3.8) is 0 Å². The lowest BCUT2D eigenvalue weighted by atomic mass is 10.2. The second kappa shape index (κ2) is 9.58. The van der Waals surface area contributed by atoms with Gasteiger partial charge < -0.3 is 0 Å². The van der Waals surface area contributed by atoms with E-state index >= 15 is 0 Å². The summed E-state index contributed by atoms with van der Waals surface area (Å²) in [4.78, 5) is 0. The van der Waals surface area contributed by atoms with E-state index in [1.54, 1.807) is 0 Å². The van der Waals surface area contributed by atoms with Crippen molar-refractivity contribution in [2.75, 3.05) is 26.4 Å². The molecule has 0 aliphatic rings. The number of hydrogen-bond acceptors (Lipinski definition) is 4. The van der Waals surface area contributed by atoms with Crippen molar-refractivity contribution in [2.45, 2.75) is 26.7 Å². The molecule has 0 amide bonds. The monoisotopic (exact) mass is 297 g/mol. The van der Waals surface area contributed by atoms with Crippen LogP contribution in [0, 0.1) is 0 Å². The summed E-state index contributed by atoms with van der Waals surface area (Å²) >= 11 is 0. The summed E-state index contributed by atoms with van der Waals surface area (Å²) in [5.41, 5.74) is 0.977. The van der Waals surface area contributed by atoms with Gasteiger partial charge in [-0.25, -0.2) is 0 Å². The van der Waals surface area contributed by atoms with Crippen LogP contribution in [0.25, 0.3) is 0 Å². The fourth-order valence-electron chi connectivity index (χ4n) is 1.09. The molecule has 0 aromatic heterocycles. The third-order valence-corrected chi connectivity index (χ3v) is 4.22. The fraction of sp³-hybridized carbons (Fsp3) is 0.800. The maximum Gasteiger partial charge on any atom is 0.509 e. The Labute approximate surface area is 110 Å². The van der Waals surface area contributed by atoms with Gasteiger partial charge in [0.05, 0.1) is 13.7 Å².